The predicted molar refractivity (Wildman–Crippen MR) is 399 cm³/mol. The van der Waals surface area contributed by atoms with E-state index in [9.17, 15) is 48.9 Å². The SMILES string of the molecule is COc1ccc(C(=O)N2CCN(c3c(C#N)c(=O)n(Cc4ccc(F)cc4)c4ccc(Cl)cc34)CC2)cc1.N#Cc1c(N2CCN(C(=O)c3ccco3)CC2)c2ccccc2n(CCC2CCCCC2)c1=O.N#Cc1c(N2CCN(C(=O)c3cccs3)CC2)c2ccccc2n(Cc2ccoc2)c1=O. The molecule has 5 aromatic carbocycles. The average Bonchev–Trinajstić information content (AvgIpc) is 0.832. The van der Waals surface area contributed by atoms with Gasteiger partial charge in [0, 0.05) is 117 Å². The second-order valence-corrected chi connectivity index (χ2v) is 27.4. The van der Waals surface area contributed by atoms with E-state index in [1.165, 1.54) is 66.4 Å². The third-order valence-electron chi connectivity index (χ3n) is 19.9. The van der Waals surface area contributed by atoms with E-state index in [-0.39, 0.29) is 57.9 Å². The van der Waals surface area contributed by atoms with Gasteiger partial charge in [0.1, 0.15) is 46.5 Å². The number of ether oxygens (including phenoxy) is 1. The van der Waals surface area contributed by atoms with Crippen LogP contribution in [0.1, 0.15) is 96.9 Å². The maximum Gasteiger partial charge on any atom is 0.289 e. The van der Waals surface area contributed by atoms with Gasteiger partial charge in [-0.1, -0.05) is 98.3 Å². The first kappa shape index (κ1) is 70.7. The molecule has 24 heteroatoms. The topological polar surface area (TPSA) is 244 Å². The molecular formula is C80H74ClFN12O9S. The molecule has 15 rings (SSSR count). The molecule has 21 nitrogen and oxygen atoms in total. The smallest absolute Gasteiger partial charge is 0.289 e. The monoisotopic (exact) mass is 1430 g/mol. The number of carbonyl (C=O) groups excluding carboxylic acids is 3. The molecule has 104 heavy (non-hydrogen) atoms. The quantitative estimate of drug-likeness (QED) is 0.0982. The molecule has 3 aliphatic heterocycles. The van der Waals surface area contributed by atoms with E-state index in [1.807, 2.05) is 86.5 Å². The molecule has 0 N–H and O–H groups in total. The number of methoxy groups -OCH3 is 1. The number of fused-ring (bicyclic) bond motifs is 3. The molecule has 0 bridgehead atoms. The van der Waals surface area contributed by atoms with Crippen molar-refractivity contribution in [2.24, 2.45) is 5.92 Å². The predicted octanol–water partition coefficient (Wildman–Crippen LogP) is 12.6. The van der Waals surface area contributed by atoms with E-state index < -0.39 is 5.56 Å². The lowest BCUT2D eigenvalue weighted by Crippen LogP contribution is -2.49. The fourth-order valence-corrected chi connectivity index (χ4v) is 15.4. The van der Waals surface area contributed by atoms with Crippen LogP contribution in [0.2, 0.25) is 5.02 Å². The molecule has 11 aromatic rings. The number of rotatable bonds is 14. The molecule has 0 unspecified atom stereocenters. The van der Waals surface area contributed by atoms with Crippen LogP contribution in [-0.4, -0.2) is 132 Å². The number of pyridine rings is 3. The molecule has 9 heterocycles. The molecule has 528 valence electrons. The third-order valence-corrected chi connectivity index (χ3v) is 21.0. The van der Waals surface area contributed by atoms with Crippen molar-refractivity contribution < 1.29 is 32.3 Å². The number of carbonyl (C=O) groups is 3. The fourth-order valence-electron chi connectivity index (χ4n) is 14.6. The zero-order chi connectivity index (χ0) is 72.4. The largest absolute Gasteiger partial charge is 0.497 e. The second kappa shape index (κ2) is 32.1. The molecule has 3 saturated heterocycles. The van der Waals surface area contributed by atoms with E-state index >= 15 is 0 Å². The molecule has 4 fully saturated rings. The van der Waals surface area contributed by atoms with Crippen molar-refractivity contribution >= 4 is 90.4 Å². The number of nitrogens with zero attached hydrogens (tertiary/aromatic N) is 12. The maximum absolute atomic E-state index is 13.6. The summed E-state index contributed by atoms with van der Waals surface area (Å²) < 4.78 is 34.0. The lowest BCUT2D eigenvalue weighted by Gasteiger charge is -2.37. The van der Waals surface area contributed by atoms with Gasteiger partial charge in [0.2, 0.25) is 0 Å². The summed E-state index contributed by atoms with van der Waals surface area (Å²) in [5.41, 5.74) is 5.67. The molecule has 0 radical (unpaired) electrons. The van der Waals surface area contributed by atoms with E-state index in [0.29, 0.717) is 148 Å². The van der Waals surface area contributed by atoms with E-state index in [0.717, 1.165) is 44.2 Å². The molecule has 1 aliphatic carbocycles. The van der Waals surface area contributed by atoms with Crippen LogP contribution in [0.4, 0.5) is 21.5 Å². The highest BCUT2D eigenvalue weighted by Crippen LogP contribution is 2.36. The number of furan rings is 2. The number of amides is 3. The van der Waals surface area contributed by atoms with Crippen molar-refractivity contribution in [3.05, 3.63) is 256 Å². The van der Waals surface area contributed by atoms with E-state index in [1.54, 1.807) is 101 Å². The van der Waals surface area contributed by atoms with E-state index in [2.05, 4.69) is 28.0 Å². The van der Waals surface area contributed by atoms with Gasteiger partial charge in [-0.2, -0.15) is 15.8 Å². The first-order valence-electron chi connectivity index (χ1n) is 34.7. The van der Waals surface area contributed by atoms with Gasteiger partial charge < -0.3 is 56.7 Å². The molecule has 6 aromatic heterocycles. The summed E-state index contributed by atoms with van der Waals surface area (Å²) in [7, 11) is 1.57. The Morgan fingerprint density at radius 1 is 0.538 bits per heavy atom. The first-order chi connectivity index (χ1) is 50.7. The van der Waals surface area contributed by atoms with Crippen LogP contribution in [0, 0.1) is 45.7 Å². The standard InChI is InChI=1S/C29H24ClFN4O3.C27H30N4O3.C24H20N4O3S/c1-38-23-9-4-20(5-10-23)28(36)34-14-12-33(13-15-34)27-24-16-21(30)6-11-26(24)35(29(37)25(27)17-32)18-19-2-7-22(31)8-3-19;28-19-22-25(29-14-16-30(17-15-29)27(33)24-11-6-18-34-24)21-9-4-5-10-23(21)31(26(22)32)13-12-20-7-2-1-3-8-20;25-14-19-22(26-8-10-27(11-9-26)24(30)21-6-3-13-32-21)18-4-1-2-5-20(18)28(23(19)29)15-17-7-12-31-16-17/h2-11,16H,12-15,18H2,1H3;4-6,9-11,18,20H,1-3,7-8,12-17H2;1-7,12-13,16H,8-11,15H2. The number of para-hydroxylation sites is 2. The van der Waals surface area contributed by atoms with Crippen molar-refractivity contribution in [2.75, 3.05) is 100 Å². The molecular weight excluding hydrogens is 1360 g/mol. The second-order valence-electron chi connectivity index (χ2n) is 26.0. The highest BCUT2D eigenvalue weighted by molar-refractivity contribution is 7.12. The van der Waals surface area contributed by atoms with Gasteiger partial charge in [0.05, 0.1) is 77.5 Å². The minimum absolute atomic E-state index is 0.0109. The summed E-state index contributed by atoms with van der Waals surface area (Å²) in [5, 5.41) is 34.9. The van der Waals surface area contributed by atoms with Crippen LogP contribution in [0.15, 0.2) is 193 Å². The maximum atomic E-state index is 13.6. The number of nitriles is 3. The van der Waals surface area contributed by atoms with Crippen molar-refractivity contribution in [3.63, 3.8) is 0 Å². The Morgan fingerprint density at radius 3 is 1.58 bits per heavy atom. The number of thiophene rings is 1. The van der Waals surface area contributed by atoms with Crippen molar-refractivity contribution in [3.8, 4) is 24.0 Å². The van der Waals surface area contributed by atoms with Gasteiger partial charge in [-0.15, -0.1) is 11.3 Å². The lowest BCUT2D eigenvalue weighted by atomic mass is 9.87. The van der Waals surface area contributed by atoms with Gasteiger partial charge in [-0.25, -0.2) is 4.39 Å². The summed E-state index contributed by atoms with van der Waals surface area (Å²) in [6.45, 7) is 7.19. The Labute approximate surface area is 607 Å². The summed E-state index contributed by atoms with van der Waals surface area (Å²) in [6, 6.07) is 49.0. The third kappa shape index (κ3) is 15.0. The van der Waals surface area contributed by atoms with Crippen molar-refractivity contribution in [1.82, 2.24) is 28.4 Å². The highest BCUT2D eigenvalue weighted by atomic mass is 35.5. The molecule has 1 saturated carbocycles. The number of halogens is 2. The first-order valence-corrected chi connectivity index (χ1v) is 36.0. The highest BCUT2D eigenvalue weighted by Gasteiger charge is 2.32. The fraction of sp³-hybridized carbons (Fsp3) is 0.287. The van der Waals surface area contributed by atoms with Crippen LogP contribution in [-0.2, 0) is 19.6 Å². The zero-order valence-electron chi connectivity index (χ0n) is 57.3. The van der Waals surface area contributed by atoms with Crippen LogP contribution in [0.25, 0.3) is 32.7 Å². The number of anilines is 3. The zero-order valence-corrected chi connectivity index (χ0v) is 58.9. The van der Waals surface area contributed by atoms with Crippen LogP contribution in [0.3, 0.4) is 0 Å². The number of aromatic nitrogens is 3. The molecule has 3 amide bonds. The van der Waals surface area contributed by atoms with Crippen LogP contribution in [0.5, 0.6) is 5.75 Å². The van der Waals surface area contributed by atoms with Gasteiger partial charge in [-0.05, 0) is 114 Å². The van der Waals surface area contributed by atoms with Crippen molar-refractivity contribution in [2.45, 2.75) is 58.2 Å². The Bertz CT molecular complexity index is 5260. The molecule has 4 aliphatic rings. The summed E-state index contributed by atoms with van der Waals surface area (Å²) in [6.07, 6.45) is 12.0. The van der Waals surface area contributed by atoms with Gasteiger partial charge >= 0.3 is 0 Å². The minimum atomic E-state index is -0.432. The summed E-state index contributed by atoms with van der Waals surface area (Å²) in [4.78, 5) is 91.0. The average molecular weight is 1430 g/mol. The Morgan fingerprint density at radius 2 is 1.06 bits per heavy atom. The summed E-state index contributed by atoms with van der Waals surface area (Å²) >= 11 is 7.79. The van der Waals surface area contributed by atoms with Crippen LogP contribution < -0.4 is 36.1 Å². The van der Waals surface area contributed by atoms with Gasteiger partial charge in [-0.3, -0.25) is 28.8 Å². The van der Waals surface area contributed by atoms with Gasteiger partial charge in [0.25, 0.3) is 34.4 Å². The number of aryl methyl sites for hydroxylation is 1. The normalized spacial score (nSPS) is 14.8. The minimum Gasteiger partial charge on any atom is -0.497 e. The summed E-state index contributed by atoms with van der Waals surface area (Å²) in [5.74, 6) is 1.11. The number of piperazine rings is 3. The van der Waals surface area contributed by atoms with Gasteiger partial charge in [0.15, 0.2) is 5.76 Å². The number of benzene rings is 5. The van der Waals surface area contributed by atoms with Crippen LogP contribution >= 0.6 is 22.9 Å². The van der Waals surface area contributed by atoms with Crippen molar-refractivity contribution in [1.29, 1.82) is 15.8 Å². The Hall–Kier alpha value is -11.7. The Balaban J connectivity index is 0.000000139. The Kier molecular flexibility index (Phi) is 21.8. The number of hydrogen-bond donors (Lipinski definition) is 0. The lowest BCUT2D eigenvalue weighted by molar-refractivity contribution is 0.0712. The number of hydrogen-bond acceptors (Lipinski definition) is 16. The van der Waals surface area contributed by atoms with E-state index in [4.69, 9.17) is 25.2 Å². The molecule has 0 spiro atoms. The molecule has 0 atom stereocenters.